The number of fused-ring (bicyclic) bond motifs is 1. The van der Waals surface area contributed by atoms with Gasteiger partial charge in [-0.05, 0) is 24.7 Å². The summed E-state index contributed by atoms with van der Waals surface area (Å²) in [5.74, 6) is 0.621. The molecule has 0 spiro atoms. The molecule has 2 N–H and O–H groups in total. The molecule has 0 amide bonds. The molecular weight excluding hydrogens is 270 g/mol. The monoisotopic (exact) mass is 285 g/mol. The highest BCUT2D eigenvalue weighted by Gasteiger charge is 2.11. The molecule has 1 aromatic carbocycles. The van der Waals surface area contributed by atoms with Crippen LogP contribution in [0.15, 0.2) is 36.7 Å². The molecule has 0 radical (unpaired) electrons. The smallest absolute Gasteiger partial charge is 0.203 e. The van der Waals surface area contributed by atoms with Crippen LogP contribution in [0.2, 0.25) is 0 Å². The van der Waals surface area contributed by atoms with E-state index in [0.29, 0.717) is 29.3 Å². The van der Waals surface area contributed by atoms with Crippen molar-refractivity contribution in [3.8, 4) is 0 Å². The van der Waals surface area contributed by atoms with E-state index >= 15 is 0 Å². The van der Waals surface area contributed by atoms with Crippen molar-refractivity contribution in [2.24, 2.45) is 0 Å². The fourth-order valence-corrected chi connectivity index (χ4v) is 2.62. The lowest BCUT2D eigenvalue weighted by Gasteiger charge is -2.11. The molecule has 0 aliphatic carbocycles. The number of benzene rings is 1. The van der Waals surface area contributed by atoms with Gasteiger partial charge in [-0.25, -0.2) is 4.98 Å². The lowest BCUT2D eigenvalue weighted by molar-refractivity contribution is 0.734. The van der Waals surface area contributed by atoms with Gasteiger partial charge in [-0.2, -0.15) is 4.98 Å². The minimum atomic E-state index is 0.475. The first kappa shape index (κ1) is 12.8. The molecule has 3 aromatic rings. The normalized spacial score (nSPS) is 11.1. The molecule has 0 bridgehead atoms. The van der Waals surface area contributed by atoms with Crippen LogP contribution in [0.1, 0.15) is 12.5 Å². The summed E-state index contributed by atoms with van der Waals surface area (Å²) in [6.07, 6.45) is 1.76. The van der Waals surface area contributed by atoms with Crippen molar-refractivity contribution in [3.63, 3.8) is 0 Å². The maximum atomic E-state index is 6.22. The van der Waals surface area contributed by atoms with Crippen LogP contribution in [0.5, 0.6) is 0 Å². The third-order valence-corrected chi connectivity index (χ3v) is 3.61. The third kappa shape index (κ3) is 2.08. The SMILES string of the molecule is CCn1c(N)c2c(ncn2Cc2ccccc2)nc1=S. The quantitative estimate of drug-likeness (QED) is 0.751. The predicted octanol–water partition coefficient (Wildman–Crippen LogP) is 2.61. The Hall–Kier alpha value is -2.21. The second-order valence-electron chi connectivity index (χ2n) is 4.55. The van der Waals surface area contributed by atoms with Gasteiger partial charge in [0.25, 0.3) is 0 Å². The molecule has 5 nitrogen and oxygen atoms in total. The molecule has 3 rings (SSSR count). The van der Waals surface area contributed by atoms with Gasteiger partial charge >= 0.3 is 0 Å². The van der Waals surface area contributed by atoms with Gasteiger partial charge in [-0.3, -0.25) is 0 Å². The van der Waals surface area contributed by atoms with E-state index in [4.69, 9.17) is 18.0 Å². The third-order valence-electron chi connectivity index (χ3n) is 3.30. The first-order valence-electron chi connectivity index (χ1n) is 6.45. The summed E-state index contributed by atoms with van der Waals surface area (Å²) in [5.41, 5.74) is 8.86. The van der Waals surface area contributed by atoms with Crippen molar-refractivity contribution < 1.29 is 0 Å². The van der Waals surface area contributed by atoms with Crippen LogP contribution in [-0.4, -0.2) is 19.1 Å². The summed E-state index contributed by atoms with van der Waals surface area (Å²) in [5, 5.41) is 0. The van der Waals surface area contributed by atoms with Gasteiger partial charge in [0.2, 0.25) is 4.77 Å². The maximum Gasteiger partial charge on any atom is 0.203 e. The molecule has 2 aromatic heterocycles. The average molecular weight is 285 g/mol. The van der Waals surface area contributed by atoms with Crippen molar-refractivity contribution >= 4 is 29.2 Å². The summed E-state index contributed by atoms with van der Waals surface area (Å²) in [4.78, 5) is 8.64. The Balaban J connectivity index is 2.16. The largest absolute Gasteiger partial charge is 0.383 e. The van der Waals surface area contributed by atoms with Gasteiger partial charge in [0, 0.05) is 13.1 Å². The zero-order chi connectivity index (χ0) is 14.1. The lowest BCUT2D eigenvalue weighted by Crippen LogP contribution is -2.10. The number of imidazole rings is 1. The van der Waals surface area contributed by atoms with Crippen molar-refractivity contribution in [1.82, 2.24) is 19.1 Å². The van der Waals surface area contributed by atoms with E-state index in [1.54, 1.807) is 6.33 Å². The highest BCUT2D eigenvalue weighted by Crippen LogP contribution is 2.20. The summed E-state index contributed by atoms with van der Waals surface area (Å²) >= 11 is 5.23. The molecule has 0 saturated carbocycles. The summed E-state index contributed by atoms with van der Waals surface area (Å²) < 4.78 is 4.30. The van der Waals surface area contributed by atoms with Gasteiger partial charge in [-0.15, -0.1) is 0 Å². The fourth-order valence-electron chi connectivity index (χ4n) is 2.30. The van der Waals surface area contributed by atoms with Crippen LogP contribution in [0.4, 0.5) is 5.82 Å². The molecule has 2 heterocycles. The van der Waals surface area contributed by atoms with Crippen molar-refractivity contribution in [2.45, 2.75) is 20.0 Å². The fraction of sp³-hybridized carbons (Fsp3) is 0.214. The Labute approximate surface area is 121 Å². The van der Waals surface area contributed by atoms with Crippen LogP contribution < -0.4 is 5.73 Å². The Morgan fingerprint density at radius 2 is 2.00 bits per heavy atom. The number of rotatable bonds is 3. The highest BCUT2D eigenvalue weighted by atomic mass is 32.1. The van der Waals surface area contributed by atoms with Gasteiger partial charge in [0.1, 0.15) is 11.3 Å². The molecule has 20 heavy (non-hydrogen) atoms. The van der Waals surface area contributed by atoms with E-state index in [0.717, 1.165) is 5.52 Å². The topological polar surface area (TPSA) is 61.7 Å². The molecule has 102 valence electrons. The molecule has 0 unspecified atom stereocenters. The van der Waals surface area contributed by atoms with E-state index in [9.17, 15) is 0 Å². The number of nitrogen functional groups attached to an aromatic ring is 1. The Bertz CT molecular complexity index is 804. The number of hydrogen-bond acceptors (Lipinski definition) is 4. The molecule has 0 saturated heterocycles. The van der Waals surface area contributed by atoms with Crippen LogP contribution in [0.25, 0.3) is 11.2 Å². The Morgan fingerprint density at radius 3 is 2.70 bits per heavy atom. The number of hydrogen-bond donors (Lipinski definition) is 1. The van der Waals surface area contributed by atoms with Gasteiger partial charge in [-0.1, -0.05) is 30.3 Å². The van der Waals surface area contributed by atoms with Gasteiger partial charge in [0.05, 0.1) is 6.33 Å². The number of aromatic nitrogens is 4. The van der Waals surface area contributed by atoms with E-state index in [2.05, 4.69) is 22.1 Å². The predicted molar refractivity (Wildman–Crippen MR) is 82.0 cm³/mol. The standard InChI is InChI=1S/C14H15N5S/c1-2-19-12(15)11-13(17-14(19)20)16-9-18(11)8-10-6-4-3-5-7-10/h3-7,9H,2,8,15H2,1H3. The van der Waals surface area contributed by atoms with Crippen molar-refractivity contribution in [3.05, 3.63) is 47.0 Å². The zero-order valence-electron chi connectivity index (χ0n) is 11.2. The minimum Gasteiger partial charge on any atom is -0.383 e. The van der Waals surface area contributed by atoms with Crippen LogP contribution in [-0.2, 0) is 13.1 Å². The summed E-state index contributed by atoms with van der Waals surface area (Å²) in [6.45, 7) is 3.41. The van der Waals surface area contributed by atoms with Crippen LogP contribution in [0.3, 0.4) is 0 Å². The second-order valence-corrected chi connectivity index (χ2v) is 4.92. The number of anilines is 1. The van der Waals surface area contributed by atoms with Gasteiger partial charge in [0.15, 0.2) is 5.65 Å². The minimum absolute atomic E-state index is 0.475. The van der Waals surface area contributed by atoms with E-state index < -0.39 is 0 Å². The van der Waals surface area contributed by atoms with Crippen LogP contribution >= 0.6 is 12.2 Å². The van der Waals surface area contributed by atoms with Crippen LogP contribution in [0, 0.1) is 4.77 Å². The molecular formula is C14H15N5S. The van der Waals surface area contributed by atoms with E-state index in [1.807, 2.05) is 34.3 Å². The summed E-state index contributed by atoms with van der Waals surface area (Å²) in [7, 11) is 0. The lowest BCUT2D eigenvalue weighted by atomic mass is 10.2. The van der Waals surface area contributed by atoms with E-state index in [1.165, 1.54) is 5.56 Å². The van der Waals surface area contributed by atoms with Crippen molar-refractivity contribution in [2.75, 3.05) is 5.73 Å². The highest BCUT2D eigenvalue weighted by molar-refractivity contribution is 7.71. The van der Waals surface area contributed by atoms with Gasteiger partial charge < -0.3 is 14.9 Å². The Morgan fingerprint density at radius 1 is 1.25 bits per heavy atom. The molecule has 6 heteroatoms. The Kier molecular flexibility index (Phi) is 3.23. The number of nitrogens with two attached hydrogens (primary N) is 1. The van der Waals surface area contributed by atoms with E-state index in [-0.39, 0.29) is 0 Å². The second kappa shape index (κ2) is 5.05. The molecule has 0 aliphatic heterocycles. The first-order chi connectivity index (χ1) is 9.70. The maximum absolute atomic E-state index is 6.22. The number of nitrogens with zero attached hydrogens (tertiary/aromatic N) is 4. The summed E-state index contributed by atoms with van der Waals surface area (Å²) in [6, 6.07) is 10.2. The molecule has 0 fully saturated rings. The average Bonchev–Trinajstić information content (AvgIpc) is 2.83. The zero-order valence-corrected chi connectivity index (χ0v) is 12.0. The van der Waals surface area contributed by atoms with Crippen molar-refractivity contribution in [1.29, 1.82) is 0 Å². The molecule has 0 atom stereocenters. The molecule has 0 aliphatic rings. The first-order valence-corrected chi connectivity index (χ1v) is 6.86.